The van der Waals surface area contributed by atoms with Crippen LogP contribution >= 0.6 is 0 Å². The first-order chi connectivity index (χ1) is 16.2. The van der Waals surface area contributed by atoms with E-state index in [-0.39, 0.29) is 25.0 Å². The number of carbonyl (C=O) groups is 2. The molecular weight excluding hydrogens is 432 g/mol. The molecule has 3 rings (SSSR count). The fourth-order valence-corrected chi connectivity index (χ4v) is 3.60. The molecule has 0 heterocycles. The summed E-state index contributed by atoms with van der Waals surface area (Å²) in [6.45, 7) is 12.5. The van der Waals surface area contributed by atoms with Gasteiger partial charge in [0.15, 0.2) is 0 Å². The minimum atomic E-state index is -0.761. The van der Waals surface area contributed by atoms with Crippen LogP contribution in [0.2, 0.25) is 0 Å². The minimum absolute atomic E-state index is 0.187. The van der Waals surface area contributed by atoms with Gasteiger partial charge in [-0.05, 0) is 47.9 Å². The molecule has 182 valence electrons. The maximum absolute atomic E-state index is 12.5. The highest BCUT2D eigenvalue weighted by Crippen LogP contribution is 2.44. The molecule has 0 saturated carbocycles. The molecule has 0 fully saturated rings. The summed E-state index contributed by atoms with van der Waals surface area (Å²) in [5.74, 6) is 1.15. The van der Waals surface area contributed by atoms with E-state index in [1.165, 1.54) is 0 Å². The van der Waals surface area contributed by atoms with E-state index in [0.29, 0.717) is 33.0 Å². The number of benzene rings is 3. The maximum atomic E-state index is 12.5. The average Bonchev–Trinajstić information content (AvgIpc) is 2.82. The van der Waals surface area contributed by atoms with Gasteiger partial charge in [-0.3, -0.25) is 0 Å². The smallest absolute Gasteiger partial charge is 0.434 e. The highest BCUT2D eigenvalue weighted by Gasteiger charge is 2.22. The van der Waals surface area contributed by atoms with Crippen LogP contribution in [-0.2, 0) is 22.3 Å². The summed E-state index contributed by atoms with van der Waals surface area (Å²) in [5, 5.41) is 2.66. The third kappa shape index (κ3) is 5.99. The normalized spacial score (nSPS) is 11.3. The molecule has 6 heteroatoms. The number of carbonyl (C=O) groups excluding carboxylic acids is 2. The SMILES string of the molecule is CCc1ccc2c(OC(=O)OCC(C)C)c3cc(CC)ccc3c(OC(=O)OCC(C)C)c2c1. The third-order valence-electron chi connectivity index (χ3n) is 5.40. The molecule has 0 spiro atoms. The zero-order chi connectivity index (χ0) is 24.8. The topological polar surface area (TPSA) is 71.1 Å². The van der Waals surface area contributed by atoms with Gasteiger partial charge >= 0.3 is 12.3 Å². The summed E-state index contributed by atoms with van der Waals surface area (Å²) in [7, 11) is 0. The Hall–Kier alpha value is -3.28. The van der Waals surface area contributed by atoms with Crippen molar-refractivity contribution >= 4 is 33.9 Å². The van der Waals surface area contributed by atoms with E-state index in [1.54, 1.807) is 0 Å². The summed E-state index contributed by atoms with van der Waals surface area (Å²) in [6, 6.07) is 11.7. The third-order valence-corrected chi connectivity index (χ3v) is 5.40. The molecule has 34 heavy (non-hydrogen) atoms. The van der Waals surface area contributed by atoms with Gasteiger partial charge in [0.05, 0.1) is 13.2 Å². The van der Waals surface area contributed by atoms with Gasteiger partial charge < -0.3 is 18.9 Å². The molecule has 0 unspecified atom stereocenters. The Balaban J connectivity index is 2.21. The van der Waals surface area contributed by atoms with Gasteiger partial charge in [-0.25, -0.2) is 9.59 Å². The molecule has 0 aromatic heterocycles. The molecular formula is C28H34O6. The Morgan fingerprint density at radius 3 is 1.35 bits per heavy atom. The lowest BCUT2D eigenvalue weighted by Crippen LogP contribution is -2.16. The molecule has 3 aromatic rings. The van der Waals surface area contributed by atoms with Gasteiger partial charge in [-0.2, -0.15) is 0 Å². The zero-order valence-electron chi connectivity index (χ0n) is 20.9. The van der Waals surface area contributed by atoms with Crippen molar-refractivity contribution in [3.05, 3.63) is 47.5 Å². The van der Waals surface area contributed by atoms with Crippen LogP contribution in [-0.4, -0.2) is 25.5 Å². The largest absolute Gasteiger partial charge is 0.513 e. The first kappa shape index (κ1) is 25.3. The van der Waals surface area contributed by atoms with Crippen molar-refractivity contribution in [1.29, 1.82) is 0 Å². The molecule has 6 nitrogen and oxygen atoms in total. The highest BCUT2D eigenvalue weighted by atomic mass is 16.7. The molecule has 0 amide bonds. The lowest BCUT2D eigenvalue weighted by atomic mass is 9.96. The van der Waals surface area contributed by atoms with E-state index < -0.39 is 12.3 Å². The van der Waals surface area contributed by atoms with Crippen LogP contribution in [0.1, 0.15) is 52.7 Å². The molecule has 0 N–H and O–H groups in total. The van der Waals surface area contributed by atoms with Crippen molar-refractivity contribution in [3.8, 4) is 11.5 Å². The van der Waals surface area contributed by atoms with Crippen molar-refractivity contribution in [1.82, 2.24) is 0 Å². The number of aryl methyl sites for hydroxylation is 2. The summed E-state index contributed by atoms with van der Waals surface area (Å²) in [6.07, 6.45) is 0.0738. The Morgan fingerprint density at radius 2 is 1.03 bits per heavy atom. The van der Waals surface area contributed by atoms with E-state index in [2.05, 4.69) is 0 Å². The minimum Gasteiger partial charge on any atom is -0.434 e. The monoisotopic (exact) mass is 466 g/mol. The van der Waals surface area contributed by atoms with Crippen LogP contribution < -0.4 is 9.47 Å². The maximum Gasteiger partial charge on any atom is 0.513 e. The number of hydrogen-bond acceptors (Lipinski definition) is 6. The lowest BCUT2D eigenvalue weighted by Gasteiger charge is -2.18. The van der Waals surface area contributed by atoms with Crippen molar-refractivity contribution in [2.75, 3.05) is 13.2 Å². The lowest BCUT2D eigenvalue weighted by molar-refractivity contribution is 0.0879. The van der Waals surface area contributed by atoms with Crippen LogP contribution in [0.5, 0.6) is 11.5 Å². The Kier molecular flexibility index (Phi) is 8.37. The number of ether oxygens (including phenoxy) is 4. The fraction of sp³-hybridized carbons (Fsp3) is 0.429. The molecule has 0 aliphatic rings. The predicted molar refractivity (Wildman–Crippen MR) is 134 cm³/mol. The molecule has 0 radical (unpaired) electrons. The molecule has 3 aromatic carbocycles. The van der Waals surface area contributed by atoms with Crippen LogP contribution in [0.15, 0.2) is 36.4 Å². The molecule has 0 atom stereocenters. The van der Waals surface area contributed by atoms with Crippen LogP contribution in [0.3, 0.4) is 0 Å². The first-order valence-electron chi connectivity index (χ1n) is 11.9. The van der Waals surface area contributed by atoms with Gasteiger partial charge in [0.1, 0.15) is 11.5 Å². The van der Waals surface area contributed by atoms with Gasteiger partial charge in [-0.1, -0.05) is 65.8 Å². The van der Waals surface area contributed by atoms with Gasteiger partial charge in [0.25, 0.3) is 0 Å². The van der Waals surface area contributed by atoms with Gasteiger partial charge in [0, 0.05) is 21.5 Å². The van der Waals surface area contributed by atoms with E-state index in [4.69, 9.17) is 18.9 Å². The molecule has 0 aliphatic carbocycles. The Bertz CT molecular complexity index is 1090. The second kappa shape index (κ2) is 11.2. The van der Waals surface area contributed by atoms with Crippen LogP contribution in [0.25, 0.3) is 21.5 Å². The van der Waals surface area contributed by atoms with Crippen molar-refractivity contribution in [2.45, 2.75) is 54.4 Å². The van der Waals surface area contributed by atoms with E-state index in [0.717, 1.165) is 24.0 Å². The second-order valence-corrected chi connectivity index (χ2v) is 9.24. The predicted octanol–water partition coefficient (Wildman–Crippen LogP) is 7.46. The van der Waals surface area contributed by atoms with Crippen molar-refractivity contribution in [3.63, 3.8) is 0 Å². The average molecular weight is 467 g/mol. The van der Waals surface area contributed by atoms with Gasteiger partial charge in [0.2, 0.25) is 0 Å². The number of rotatable bonds is 8. The van der Waals surface area contributed by atoms with E-state index >= 15 is 0 Å². The highest BCUT2D eigenvalue weighted by molar-refractivity contribution is 6.12. The number of fused-ring (bicyclic) bond motifs is 2. The van der Waals surface area contributed by atoms with Crippen LogP contribution in [0.4, 0.5) is 9.59 Å². The molecule has 0 aliphatic heterocycles. The van der Waals surface area contributed by atoms with Gasteiger partial charge in [-0.15, -0.1) is 0 Å². The quantitative estimate of drug-likeness (QED) is 0.195. The first-order valence-corrected chi connectivity index (χ1v) is 11.9. The van der Waals surface area contributed by atoms with Crippen molar-refractivity contribution in [2.24, 2.45) is 11.8 Å². The van der Waals surface area contributed by atoms with E-state index in [9.17, 15) is 9.59 Å². The standard InChI is InChI=1S/C28H34O6/c1-7-19-9-11-21-23(13-19)25(33-27(29)31-15-17(3)4)22-12-10-20(8-2)14-24(22)26(21)34-28(30)32-16-18(5)6/h9-14,17-18H,7-8,15-16H2,1-6H3. The van der Waals surface area contributed by atoms with E-state index in [1.807, 2.05) is 77.9 Å². The van der Waals surface area contributed by atoms with Crippen molar-refractivity contribution < 1.29 is 28.5 Å². The molecule has 0 saturated heterocycles. The van der Waals surface area contributed by atoms with Crippen LogP contribution in [0, 0.1) is 11.8 Å². The Labute approximate surface area is 201 Å². The fourth-order valence-electron chi connectivity index (χ4n) is 3.60. The second-order valence-electron chi connectivity index (χ2n) is 9.24. The Morgan fingerprint density at radius 1 is 0.647 bits per heavy atom. The zero-order valence-corrected chi connectivity index (χ0v) is 20.9. The molecule has 0 bridgehead atoms. The summed E-state index contributed by atoms with van der Waals surface area (Å²) in [4.78, 5) is 25.1. The number of hydrogen-bond donors (Lipinski definition) is 0. The summed E-state index contributed by atoms with van der Waals surface area (Å²) in [5.41, 5.74) is 2.12. The summed E-state index contributed by atoms with van der Waals surface area (Å²) < 4.78 is 22.1. The summed E-state index contributed by atoms with van der Waals surface area (Å²) >= 11 is 0.